The van der Waals surface area contributed by atoms with Crippen molar-refractivity contribution in [3.8, 4) is 0 Å². The van der Waals surface area contributed by atoms with Crippen molar-refractivity contribution in [3.63, 3.8) is 0 Å². The zero-order chi connectivity index (χ0) is 16.8. The summed E-state index contributed by atoms with van der Waals surface area (Å²) in [5.41, 5.74) is 8.12. The predicted molar refractivity (Wildman–Crippen MR) is 112 cm³/mol. The number of rotatable bonds is 4. The summed E-state index contributed by atoms with van der Waals surface area (Å²) in [6.45, 7) is 8.65. The van der Waals surface area contributed by atoms with Gasteiger partial charge < -0.3 is 3.07 Å². The van der Waals surface area contributed by atoms with Crippen LogP contribution in [0.1, 0.15) is 36.8 Å². The van der Waals surface area contributed by atoms with Crippen LogP contribution in [0.25, 0.3) is 6.08 Å². The lowest BCUT2D eigenvalue weighted by Crippen LogP contribution is -2.10. The lowest BCUT2D eigenvalue weighted by Gasteiger charge is -2.25. The molecule has 1 saturated carbocycles. The van der Waals surface area contributed by atoms with Gasteiger partial charge in [-0.2, -0.15) is 0 Å². The van der Waals surface area contributed by atoms with Crippen molar-refractivity contribution in [1.82, 2.24) is 0 Å². The number of benzene rings is 1. The highest BCUT2D eigenvalue weighted by Crippen LogP contribution is 2.54. The number of fused-ring (bicyclic) bond motifs is 3. The summed E-state index contributed by atoms with van der Waals surface area (Å²) in [5, 5.41) is 0. The first-order valence-electron chi connectivity index (χ1n) is 8.49. The van der Waals surface area contributed by atoms with Gasteiger partial charge in [-0.3, -0.25) is 0 Å². The van der Waals surface area contributed by atoms with Crippen molar-refractivity contribution >= 4 is 45.0 Å². The highest BCUT2D eigenvalue weighted by Gasteiger charge is 2.41. The lowest BCUT2D eigenvalue weighted by molar-refractivity contribution is 0.532. The number of aryl methyl sites for hydroxylation is 1. The Morgan fingerprint density at radius 3 is 2.62 bits per heavy atom. The second-order valence-corrected chi connectivity index (χ2v) is 8.38. The summed E-state index contributed by atoms with van der Waals surface area (Å²) < 4.78 is 6.63. The molecular weight excluding hydrogens is 475 g/mol. The maximum absolute atomic E-state index is 5.48. The summed E-state index contributed by atoms with van der Waals surface area (Å²) in [4.78, 5) is 0. The molecule has 1 nitrogen and oxygen atoms in total. The Morgan fingerprint density at radius 2 is 1.88 bits per heavy atom. The molecule has 0 aromatic heterocycles. The van der Waals surface area contributed by atoms with Gasteiger partial charge in [-0.15, -0.1) is 0 Å². The van der Waals surface area contributed by atoms with Crippen LogP contribution in [0.2, 0.25) is 0 Å². The van der Waals surface area contributed by atoms with E-state index in [2.05, 4.69) is 53.4 Å². The highest BCUT2D eigenvalue weighted by molar-refractivity contribution is 14.1. The average molecular weight is 495 g/mol. The van der Waals surface area contributed by atoms with Crippen LogP contribution in [-0.2, 0) is 9.49 Å². The number of halogens is 2. The maximum Gasteiger partial charge on any atom is 0.192 e. The first-order chi connectivity index (χ1) is 11.6. The van der Waals surface area contributed by atoms with E-state index in [1.807, 2.05) is 23.0 Å². The van der Waals surface area contributed by atoms with Gasteiger partial charge in [0, 0.05) is 10.0 Å². The molecule has 3 aliphatic rings. The van der Waals surface area contributed by atoms with Gasteiger partial charge in [-0.05, 0) is 83.9 Å². The van der Waals surface area contributed by atoms with Gasteiger partial charge in [-0.1, -0.05) is 41.2 Å². The Morgan fingerprint density at radius 1 is 1.12 bits per heavy atom. The number of hydrogen-bond acceptors (Lipinski definition) is 1. The lowest BCUT2D eigenvalue weighted by atomic mass is 9.80. The smallest absolute Gasteiger partial charge is 0.192 e. The zero-order valence-electron chi connectivity index (χ0n) is 13.6. The minimum absolute atomic E-state index is 0.622. The summed E-state index contributed by atoms with van der Waals surface area (Å²) in [6.07, 6.45) is 8.28. The molecule has 3 heteroatoms. The molecule has 1 fully saturated rings. The standard InChI is InChI=1S/C21H20BrIO/c1-12(14-3-4-16-11-19(22)8-7-15(16)9-14)20-17-5-6-18(10-17)21(20)13(2)24-23/h7-9,11,17-18H,1-6,10H2. The van der Waals surface area contributed by atoms with Gasteiger partial charge in [0.25, 0.3) is 0 Å². The molecule has 24 heavy (non-hydrogen) atoms. The van der Waals surface area contributed by atoms with Gasteiger partial charge in [0.1, 0.15) is 5.76 Å². The molecule has 3 aliphatic carbocycles. The fraction of sp³-hybridized carbons (Fsp3) is 0.333. The van der Waals surface area contributed by atoms with E-state index in [1.54, 1.807) is 0 Å². The summed E-state index contributed by atoms with van der Waals surface area (Å²) in [5.74, 6) is 2.10. The van der Waals surface area contributed by atoms with Gasteiger partial charge in [-0.25, -0.2) is 0 Å². The monoisotopic (exact) mass is 494 g/mol. The maximum atomic E-state index is 5.48. The van der Waals surface area contributed by atoms with E-state index < -0.39 is 0 Å². The molecule has 0 aliphatic heterocycles. The summed E-state index contributed by atoms with van der Waals surface area (Å²) in [7, 11) is 0. The van der Waals surface area contributed by atoms with Crippen molar-refractivity contribution in [1.29, 1.82) is 0 Å². The summed E-state index contributed by atoms with van der Waals surface area (Å²) >= 11 is 5.53. The van der Waals surface area contributed by atoms with E-state index >= 15 is 0 Å². The summed E-state index contributed by atoms with van der Waals surface area (Å²) in [6, 6.07) is 6.56. The van der Waals surface area contributed by atoms with E-state index in [-0.39, 0.29) is 0 Å². The molecule has 0 heterocycles. The molecule has 1 aromatic carbocycles. The van der Waals surface area contributed by atoms with Crippen LogP contribution >= 0.6 is 38.9 Å². The van der Waals surface area contributed by atoms with E-state index in [4.69, 9.17) is 3.07 Å². The predicted octanol–water partition coefficient (Wildman–Crippen LogP) is 6.94. The molecule has 0 N–H and O–H groups in total. The van der Waals surface area contributed by atoms with Gasteiger partial charge >= 0.3 is 0 Å². The van der Waals surface area contributed by atoms with E-state index in [0.29, 0.717) is 11.8 Å². The Kier molecular flexibility index (Phi) is 4.50. The largest absolute Gasteiger partial charge is 0.428 e. The quantitative estimate of drug-likeness (QED) is 0.325. The second kappa shape index (κ2) is 6.49. The molecule has 1 aromatic rings. The highest BCUT2D eigenvalue weighted by atomic mass is 127. The van der Waals surface area contributed by atoms with Crippen LogP contribution < -0.4 is 0 Å². The SMILES string of the molecule is C=C(OI)C1=C(C(=C)C2=Cc3ccc(Br)cc3CC2)C2CCC1C2. The second-order valence-electron chi connectivity index (χ2n) is 7.03. The number of hydrogen-bond donors (Lipinski definition) is 0. The molecule has 2 bridgehead atoms. The van der Waals surface area contributed by atoms with E-state index in [1.165, 1.54) is 52.7 Å². The minimum Gasteiger partial charge on any atom is -0.428 e. The van der Waals surface area contributed by atoms with Gasteiger partial charge in [0.15, 0.2) is 23.0 Å². The van der Waals surface area contributed by atoms with Crippen LogP contribution in [-0.4, -0.2) is 0 Å². The van der Waals surface area contributed by atoms with Gasteiger partial charge in [0.05, 0.1) is 0 Å². The third-order valence-corrected chi connectivity index (χ3v) is 6.77. The zero-order valence-corrected chi connectivity index (χ0v) is 17.3. The Balaban J connectivity index is 1.72. The first kappa shape index (κ1) is 16.6. The number of allylic oxidation sites excluding steroid dienone is 4. The van der Waals surface area contributed by atoms with Crippen LogP contribution in [0.5, 0.6) is 0 Å². The van der Waals surface area contributed by atoms with Crippen molar-refractivity contribution in [2.75, 3.05) is 0 Å². The van der Waals surface area contributed by atoms with E-state index in [0.717, 1.165) is 23.1 Å². The van der Waals surface area contributed by atoms with Crippen molar-refractivity contribution in [2.24, 2.45) is 11.8 Å². The molecule has 0 amide bonds. The molecule has 0 spiro atoms. The average Bonchev–Trinajstić information content (AvgIpc) is 3.21. The molecule has 124 valence electrons. The molecular formula is C21H20BrIO. The molecule has 0 saturated heterocycles. The third kappa shape index (κ3) is 2.74. The third-order valence-electron chi connectivity index (χ3n) is 5.74. The van der Waals surface area contributed by atoms with Crippen molar-refractivity contribution in [2.45, 2.75) is 32.1 Å². The van der Waals surface area contributed by atoms with Crippen LogP contribution in [0.4, 0.5) is 0 Å². The van der Waals surface area contributed by atoms with Gasteiger partial charge in [0.2, 0.25) is 0 Å². The normalized spacial score (nSPS) is 24.7. The molecule has 2 atom stereocenters. The molecule has 0 radical (unpaired) electrons. The van der Waals surface area contributed by atoms with Crippen molar-refractivity contribution in [3.05, 3.63) is 75.0 Å². The van der Waals surface area contributed by atoms with Crippen LogP contribution in [0.15, 0.2) is 63.9 Å². The van der Waals surface area contributed by atoms with Crippen molar-refractivity contribution < 1.29 is 3.07 Å². The first-order valence-corrected chi connectivity index (χ1v) is 10.2. The Hall–Kier alpha value is -0.810. The fourth-order valence-corrected chi connectivity index (χ4v) is 5.29. The van der Waals surface area contributed by atoms with Crippen LogP contribution in [0, 0.1) is 11.8 Å². The van der Waals surface area contributed by atoms with E-state index in [9.17, 15) is 0 Å². The minimum atomic E-state index is 0.622. The Bertz CT molecular complexity index is 802. The molecule has 4 rings (SSSR count). The Labute approximate surface area is 166 Å². The fourth-order valence-electron chi connectivity index (χ4n) is 4.65. The van der Waals surface area contributed by atoms with Crippen LogP contribution in [0.3, 0.4) is 0 Å². The molecule has 2 unspecified atom stereocenters. The topological polar surface area (TPSA) is 9.23 Å².